The van der Waals surface area contributed by atoms with E-state index in [1.807, 2.05) is 0 Å². The Labute approximate surface area is 60.5 Å². The van der Waals surface area contributed by atoms with Crippen LogP contribution in [0.5, 0.6) is 0 Å². The molecule has 0 saturated heterocycles. The number of likely N-dealkylation sites (N-methyl/N-ethyl adjacent to an activating group) is 1. The predicted octanol–water partition coefficient (Wildman–Crippen LogP) is 0.510. The summed E-state index contributed by atoms with van der Waals surface area (Å²) < 4.78 is 22.0. The van der Waals surface area contributed by atoms with Gasteiger partial charge in [-0.3, -0.25) is 5.32 Å². The molecule has 2 atom stereocenters. The van der Waals surface area contributed by atoms with Crippen molar-refractivity contribution in [1.29, 1.82) is 0 Å². The molecular formula is C6H14FNO2. The van der Waals surface area contributed by atoms with Crippen LogP contribution in [0, 0.1) is 0 Å². The van der Waals surface area contributed by atoms with Gasteiger partial charge in [0, 0.05) is 7.11 Å². The van der Waals surface area contributed by atoms with Crippen molar-refractivity contribution in [2.24, 2.45) is 0 Å². The number of alkyl halides is 1. The van der Waals surface area contributed by atoms with Crippen LogP contribution in [-0.4, -0.2) is 33.3 Å². The first-order valence-electron chi connectivity index (χ1n) is 3.14. The molecule has 0 aliphatic carbocycles. The van der Waals surface area contributed by atoms with E-state index in [0.29, 0.717) is 0 Å². The molecule has 1 N–H and O–H groups in total. The smallest absolute Gasteiger partial charge is 0.177 e. The summed E-state index contributed by atoms with van der Waals surface area (Å²) >= 11 is 0. The van der Waals surface area contributed by atoms with Crippen molar-refractivity contribution >= 4 is 0 Å². The summed E-state index contributed by atoms with van der Waals surface area (Å²) in [7, 11) is 3.04. The first kappa shape index (κ1) is 9.81. The van der Waals surface area contributed by atoms with Crippen molar-refractivity contribution in [2.45, 2.75) is 19.3 Å². The van der Waals surface area contributed by atoms with Crippen LogP contribution in [0.3, 0.4) is 0 Å². The summed E-state index contributed by atoms with van der Waals surface area (Å²) in [5, 5.41) is 2.43. The van der Waals surface area contributed by atoms with Crippen molar-refractivity contribution in [1.82, 2.24) is 5.32 Å². The van der Waals surface area contributed by atoms with Gasteiger partial charge in [0.15, 0.2) is 6.30 Å². The molecule has 0 saturated carbocycles. The zero-order valence-electron chi connectivity index (χ0n) is 6.56. The lowest BCUT2D eigenvalue weighted by atomic mass is 10.4. The van der Waals surface area contributed by atoms with Crippen molar-refractivity contribution in [3.05, 3.63) is 0 Å². The average Bonchev–Trinajstić information content (AvgIpc) is 1.98. The van der Waals surface area contributed by atoms with E-state index in [1.54, 1.807) is 6.92 Å². The van der Waals surface area contributed by atoms with Crippen LogP contribution in [0.4, 0.5) is 4.39 Å². The van der Waals surface area contributed by atoms with Crippen molar-refractivity contribution in [3.8, 4) is 0 Å². The molecule has 0 bridgehead atoms. The molecular weight excluding hydrogens is 137 g/mol. The standard InChI is InChI=1S/C6H14FNO2/c1-5(6(7)8-2)10-4-9-3/h5-6,8H,4H2,1-3H3/t5-,6?/m0/s1. The fourth-order valence-corrected chi connectivity index (χ4v) is 0.495. The summed E-state index contributed by atoms with van der Waals surface area (Å²) in [6, 6.07) is 0. The number of nitrogens with one attached hydrogen (secondary N) is 1. The van der Waals surface area contributed by atoms with Gasteiger partial charge in [-0.15, -0.1) is 0 Å². The zero-order chi connectivity index (χ0) is 7.98. The Morgan fingerprint density at radius 2 is 2.20 bits per heavy atom. The van der Waals surface area contributed by atoms with E-state index in [-0.39, 0.29) is 6.79 Å². The highest BCUT2D eigenvalue weighted by molar-refractivity contribution is 4.57. The molecule has 0 fully saturated rings. The van der Waals surface area contributed by atoms with E-state index in [1.165, 1.54) is 14.2 Å². The summed E-state index contributed by atoms with van der Waals surface area (Å²) in [5.41, 5.74) is 0. The summed E-state index contributed by atoms with van der Waals surface area (Å²) in [5.74, 6) is 0. The lowest BCUT2D eigenvalue weighted by Crippen LogP contribution is -2.33. The van der Waals surface area contributed by atoms with Gasteiger partial charge in [0.05, 0.1) is 0 Å². The number of ether oxygens (including phenoxy) is 2. The van der Waals surface area contributed by atoms with Crippen LogP contribution in [-0.2, 0) is 9.47 Å². The SMILES string of the molecule is CNC(F)[C@H](C)OCOC. The minimum absolute atomic E-state index is 0.128. The van der Waals surface area contributed by atoms with Crippen LogP contribution in [0.25, 0.3) is 0 Å². The summed E-state index contributed by atoms with van der Waals surface area (Å²) in [6.45, 7) is 1.77. The number of methoxy groups -OCH3 is 1. The van der Waals surface area contributed by atoms with Gasteiger partial charge < -0.3 is 9.47 Å². The lowest BCUT2D eigenvalue weighted by molar-refractivity contribution is -0.0929. The molecule has 0 rings (SSSR count). The first-order chi connectivity index (χ1) is 4.72. The molecule has 0 heterocycles. The second-order valence-corrected chi connectivity index (χ2v) is 1.97. The maximum absolute atomic E-state index is 12.6. The van der Waals surface area contributed by atoms with E-state index in [4.69, 9.17) is 4.74 Å². The number of rotatable bonds is 5. The molecule has 62 valence electrons. The van der Waals surface area contributed by atoms with Gasteiger partial charge in [0.25, 0.3) is 0 Å². The van der Waals surface area contributed by atoms with Gasteiger partial charge in [-0.2, -0.15) is 0 Å². The first-order valence-corrected chi connectivity index (χ1v) is 3.14. The third-order valence-corrected chi connectivity index (χ3v) is 1.14. The maximum Gasteiger partial charge on any atom is 0.177 e. The van der Waals surface area contributed by atoms with Crippen LogP contribution in [0.15, 0.2) is 0 Å². The quantitative estimate of drug-likeness (QED) is 0.458. The van der Waals surface area contributed by atoms with Gasteiger partial charge in [-0.05, 0) is 14.0 Å². The lowest BCUT2D eigenvalue weighted by Gasteiger charge is -2.15. The fraction of sp³-hybridized carbons (Fsp3) is 1.00. The van der Waals surface area contributed by atoms with Gasteiger partial charge in [0.2, 0.25) is 0 Å². The second kappa shape index (κ2) is 5.58. The largest absolute Gasteiger partial charge is 0.359 e. The predicted molar refractivity (Wildman–Crippen MR) is 36.4 cm³/mol. The highest BCUT2D eigenvalue weighted by Gasteiger charge is 2.13. The average molecular weight is 151 g/mol. The van der Waals surface area contributed by atoms with Gasteiger partial charge >= 0.3 is 0 Å². The van der Waals surface area contributed by atoms with Gasteiger partial charge in [-0.1, -0.05) is 0 Å². The molecule has 3 nitrogen and oxygen atoms in total. The number of hydrogen-bond donors (Lipinski definition) is 1. The van der Waals surface area contributed by atoms with Gasteiger partial charge in [0.1, 0.15) is 12.9 Å². The molecule has 4 heteroatoms. The highest BCUT2D eigenvalue weighted by Crippen LogP contribution is 1.98. The van der Waals surface area contributed by atoms with Crippen LogP contribution in [0.2, 0.25) is 0 Å². The monoisotopic (exact) mass is 151 g/mol. The van der Waals surface area contributed by atoms with E-state index in [9.17, 15) is 4.39 Å². The molecule has 0 aliphatic heterocycles. The van der Waals surface area contributed by atoms with E-state index in [0.717, 1.165) is 0 Å². The van der Waals surface area contributed by atoms with Crippen LogP contribution < -0.4 is 5.32 Å². The van der Waals surface area contributed by atoms with E-state index < -0.39 is 12.4 Å². The zero-order valence-corrected chi connectivity index (χ0v) is 6.56. The Balaban J connectivity index is 3.31. The van der Waals surface area contributed by atoms with Crippen molar-refractivity contribution in [2.75, 3.05) is 21.0 Å². The molecule has 0 amide bonds. The third-order valence-electron chi connectivity index (χ3n) is 1.14. The van der Waals surface area contributed by atoms with Crippen molar-refractivity contribution in [3.63, 3.8) is 0 Å². The maximum atomic E-state index is 12.6. The molecule has 0 spiro atoms. The minimum atomic E-state index is -1.13. The van der Waals surface area contributed by atoms with Crippen LogP contribution in [0.1, 0.15) is 6.92 Å². The molecule has 0 aromatic heterocycles. The molecule has 0 aromatic carbocycles. The third kappa shape index (κ3) is 3.76. The topological polar surface area (TPSA) is 30.5 Å². The summed E-state index contributed by atoms with van der Waals surface area (Å²) in [6.07, 6.45) is -1.60. The Morgan fingerprint density at radius 1 is 1.60 bits per heavy atom. The Morgan fingerprint density at radius 3 is 2.60 bits per heavy atom. The Bertz CT molecular complexity index is 82.1. The number of halogens is 1. The van der Waals surface area contributed by atoms with E-state index >= 15 is 0 Å². The van der Waals surface area contributed by atoms with Crippen LogP contribution >= 0.6 is 0 Å². The Kier molecular flexibility index (Phi) is 5.48. The second-order valence-electron chi connectivity index (χ2n) is 1.97. The van der Waals surface area contributed by atoms with Crippen molar-refractivity contribution < 1.29 is 13.9 Å². The molecule has 1 unspecified atom stereocenters. The van der Waals surface area contributed by atoms with Gasteiger partial charge in [-0.25, -0.2) is 4.39 Å². The highest BCUT2D eigenvalue weighted by atomic mass is 19.1. The molecule has 0 radical (unpaired) electrons. The normalized spacial score (nSPS) is 16.8. The Hall–Kier alpha value is -0.190. The molecule has 10 heavy (non-hydrogen) atoms. The number of hydrogen-bond acceptors (Lipinski definition) is 3. The fourth-order valence-electron chi connectivity index (χ4n) is 0.495. The molecule has 0 aliphatic rings. The van der Waals surface area contributed by atoms with E-state index in [2.05, 4.69) is 10.1 Å². The molecule has 0 aromatic rings. The summed E-state index contributed by atoms with van der Waals surface area (Å²) in [4.78, 5) is 0. The minimum Gasteiger partial charge on any atom is -0.359 e.